The second kappa shape index (κ2) is 16.7. The summed E-state index contributed by atoms with van der Waals surface area (Å²) in [5, 5.41) is 0. The van der Waals surface area contributed by atoms with Gasteiger partial charge in [-0.25, -0.2) is 0 Å². The molecule has 0 saturated carbocycles. The Kier molecular flexibility index (Phi) is 15.2. The van der Waals surface area contributed by atoms with Crippen molar-refractivity contribution in [3.05, 3.63) is 34.6 Å². The van der Waals surface area contributed by atoms with E-state index >= 15 is 0 Å². The molecule has 216 valence electrons. The fourth-order valence-electron chi connectivity index (χ4n) is 5.24. The van der Waals surface area contributed by atoms with Crippen molar-refractivity contribution in [3.8, 4) is 0 Å². The molecule has 0 aromatic heterocycles. The van der Waals surface area contributed by atoms with Gasteiger partial charge in [0.25, 0.3) is 0 Å². The fourth-order valence-corrected chi connectivity index (χ4v) is 11.9. The second-order valence-corrected chi connectivity index (χ2v) is 16.3. The van der Waals surface area contributed by atoms with E-state index in [-0.39, 0.29) is 0 Å². The summed E-state index contributed by atoms with van der Waals surface area (Å²) in [6.45, 7) is 4.93. The van der Waals surface area contributed by atoms with Crippen LogP contribution >= 0.6 is 6.83 Å². The quantitative estimate of drug-likeness (QED) is 0.0527. The Morgan fingerprint density at radius 1 is 0.514 bits per heavy atom. The standard InChI is InChI=1S/C29H48F5O2P/c1-5-9-13-14-15-16-17-18-22-37(19-10-6-2,20-11-7-3,21-12-8-4)36-29(35)23-24(30)26(32)28(34)27(33)25(23)31/h5-22H2,1-4H3. The average molecular weight is 555 g/mol. The summed E-state index contributed by atoms with van der Waals surface area (Å²) in [6.07, 6.45) is 16.3. The van der Waals surface area contributed by atoms with Gasteiger partial charge in [0.2, 0.25) is 0 Å². The van der Waals surface area contributed by atoms with E-state index in [1.165, 1.54) is 25.7 Å². The Bertz CT molecular complexity index is 793. The molecule has 0 aliphatic carbocycles. The van der Waals surface area contributed by atoms with Crippen molar-refractivity contribution < 1.29 is 31.3 Å². The van der Waals surface area contributed by atoms with Crippen LogP contribution in [0.1, 0.15) is 128 Å². The van der Waals surface area contributed by atoms with Crippen LogP contribution in [0.3, 0.4) is 0 Å². The minimum absolute atomic E-state index is 0.625. The molecule has 0 N–H and O–H groups in total. The molecule has 2 nitrogen and oxygen atoms in total. The van der Waals surface area contributed by atoms with Crippen LogP contribution in [0.4, 0.5) is 22.0 Å². The molecule has 0 aliphatic rings. The number of benzene rings is 1. The summed E-state index contributed by atoms with van der Waals surface area (Å²) in [4.78, 5) is 13.3. The number of carbonyl (C=O) groups is 1. The van der Waals surface area contributed by atoms with Gasteiger partial charge < -0.3 is 0 Å². The molecule has 0 fully saturated rings. The molecule has 0 aliphatic heterocycles. The topological polar surface area (TPSA) is 26.3 Å². The normalized spacial score (nSPS) is 12.9. The molecule has 1 aromatic carbocycles. The van der Waals surface area contributed by atoms with Crippen LogP contribution < -0.4 is 0 Å². The first kappa shape index (κ1) is 33.8. The molecule has 1 rings (SSSR count). The van der Waals surface area contributed by atoms with Crippen molar-refractivity contribution in [3.63, 3.8) is 0 Å². The number of unbranched alkanes of at least 4 members (excludes halogenated alkanes) is 10. The fraction of sp³-hybridized carbons (Fsp3) is 0.759. The maximum atomic E-state index is 14.6. The summed E-state index contributed by atoms with van der Waals surface area (Å²) in [5.74, 6) is -12.2. The van der Waals surface area contributed by atoms with Gasteiger partial charge in [0.15, 0.2) is 0 Å². The van der Waals surface area contributed by atoms with E-state index in [4.69, 9.17) is 4.52 Å². The second-order valence-electron chi connectivity index (χ2n) is 10.6. The van der Waals surface area contributed by atoms with Gasteiger partial charge in [-0.05, 0) is 0 Å². The van der Waals surface area contributed by atoms with Crippen LogP contribution in [0, 0.1) is 29.1 Å². The predicted molar refractivity (Wildman–Crippen MR) is 145 cm³/mol. The van der Waals surface area contributed by atoms with Crippen molar-refractivity contribution >= 4 is 12.8 Å². The molecule has 0 heterocycles. The number of hydrogen-bond acceptors (Lipinski definition) is 2. The zero-order valence-electron chi connectivity index (χ0n) is 23.4. The molecule has 0 atom stereocenters. The predicted octanol–water partition coefficient (Wildman–Crippen LogP) is 10.5. The van der Waals surface area contributed by atoms with Crippen LogP contribution in [-0.4, -0.2) is 30.6 Å². The van der Waals surface area contributed by atoms with Gasteiger partial charge in [-0.1, -0.05) is 0 Å². The Labute approximate surface area is 221 Å². The molecule has 0 amide bonds. The van der Waals surface area contributed by atoms with E-state index in [0.29, 0.717) is 24.6 Å². The van der Waals surface area contributed by atoms with Gasteiger partial charge in [0.1, 0.15) is 0 Å². The molecule has 0 spiro atoms. The Morgan fingerprint density at radius 2 is 0.838 bits per heavy atom. The third kappa shape index (κ3) is 9.48. The summed E-state index contributed by atoms with van der Waals surface area (Å²) in [5.41, 5.74) is -1.47. The van der Waals surface area contributed by atoms with Gasteiger partial charge in [0.05, 0.1) is 0 Å². The van der Waals surface area contributed by atoms with Crippen molar-refractivity contribution in [2.75, 3.05) is 24.6 Å². The zero-order chi connectivity index (χ0) is 27.9. The summed E-state index contributed by atoms with van der Waals surface area (Å²) in [6, 6.07) is 0. The van der Waals surface area contributed by atoms with E-state index in [2.05, 4.69) is 6.92 Å². The molecule has 1 aromatic rings. The number of carbonyl (C=O) groups excluding carboxylic acids is 1. The van der Waals surface area contributed by atoms with Gasteiger partial charge in [-0.2, -0.15) is 0 Å². The SMILES string of the molecule is CCCCCCCCCCP(CCCC)(CCCC)(CCCC)OC(=O)c1c(F)c(F)c(F)c(F)c1F. The minimum atomic E-state index is -3.36. The van der Waals surface area contributed by atoms with Gasteiger partial charge in [0, 0.05) is 0 Å². The van der Waals surface area contributed by atoms with Crippen LogP contribution in [0.25, 0.3) is 0 Å². The Hall–Kier alpha value is -1.23. The summed E-state index contributed by atoms with van der Waals surface area (Å²) < 4.78 is 76.9. The summed E-state index contributed by atoms with van der Waals surface area (Å²) in [7, 11) is 0. The molecule has 0 bridgehead atoms. The van der Waals surface area contributed by atoms with Crippen LogP contribution in [0.15, 0.2) is 0 Å². The molecule has 8 heteroatoms. The molecular formula is C29H48F5O2P. The molecule has 0 radical (unpaired) electrons. The van der Waals surface area contributed by atoms with Crippen LogP contribution in [-0.2, 0) is 4.52 Å². The van der Waals surface area contributed by atoms with Crippen molar-refractivity contribution in [2.45, 2.75) is 118 Å². The van der Waals surface area contributed by atoms with Crippen molar-refractivity contribution in [2.24, 2.45) is 0 Å². The maximum absolute atomic E-state index is 14.6. The van der Waals surface area contributed by atoms with Crippen molar-refractivity contribution in [1.82, 2.24) is 0 Å². The Morgan fingerprint density at radius 3 is 1.24 bits per heavy atom. The average Bonchev–Trinajstić information content (AvgIpc) is 2.89. The molecule has 0 unspecified atom stereocenters. The first-order valence-corrected chi connectivity index (χ1v) is 17.3. The van der Waals surface area contributed by atoms with E-state index in [1.54, 1.807) is 0 Å². The Balaban J connectivity index is 3.38. The van der Waals surface area contributed by atoms with E-state index in [1.807, 2.05) is 20.8 Å². The third-order valence-electron chi connectivity index (χ3n) is 7.56. The molecular weight excluding hydrogens is 506 g/mol. The first-order valence-electron chi connectivity index (χ1n) is 14.4. The number of rotatable bonds is 20. The van der Waals surface area contributed by atoms with E-state index in [9.17, 15) is 26.7 Å². The third-order valence-corrected chi connectivity index (χ3v) is 14.0. The first-order chi connectivity index (χ1) is 17.6. The van der Waals surface area contributed by atoms with Gasteiger partial charge in [-0.3, -0.25) is 0 Å². The number of hydrogen-bond donors (Lipinski definition) is 0. The number of halogens is 5. The van der Waals surface area contributed by atoms with Crippen LogP contribution in [0.2, 0.25) is 0 Å². The van der Waals surface area contributed by atoms with Gasteiger partial charge in [-0.15, -0.1) is 0 Å². The monoisotopic (exact) mass is 554 g/mol. The van der Waals surface area contributed by atoms with Crippen LogP contribution in [0.5, 0.6) is 0 Å². The molecule has 0 saturated heterocycles. The molecule has 37 heavy (non-hydrogen) atoms. The summed E-state index contributed by atoms with van der Waals surface area (Å²) >= 11 is 0. The van der Waals surface area contributed by atoms with E-state index in [0.717, 1.165) is 64.2 Å². The van der Waals surface area contributed by atoms with Gasteiger partial charge >= 0.3 is 221 Å². The van der Waals surface area contributed by atoms with E-state index < -0.39 is 47.4 Å². The zero-order valence-corrected chi connectivity index (χ0v) is 24.3. The van der Waals surface area contributed by atoms with Crippen molar-refractivity contribution in [1.29, 1.82) is 0 Å².